The summed E-state index contributed by atoms with van der Waals surface area (Å²) in [5.74, 6) is 1.51. The van der Waals surface area contributed by atoms with Crippen LogP contribution in [0.3, 0.4) is 0 Å². The van der Waals surface area contributed by atoms with Gasteiger partial charge in [-0.25, -0.2) is 0 Å². The molecule has 1 amide bonds. The number of anilines is 2. The third-order valence-electron chi connectivity index (χ3n) is 5.76. The van der Waals surface area contributed by atoms with Gasteiger partial charge in [0, 0.05) is 38.3 Å². The highest BCUT2D eigenvalue weighted by Gasteiger charge is 2.19. The number of amides is 1. The van der Waals surface area contributed by atoms with E-state index in [9.17, 15) is 4.79 Å². The molecule has 1 N–H and O–H groups in total. The molecule has 0 unspecified atom stereocenters. The van der Waals surface area contributed by atoms with Crippen LogP contribution in [-0.4, -0.2) is 50.6 Å². The number of carbonyl (C=O) groups is 1. The average molecular weight is 446 g/mol. The summed E-state index contributed by atoms with van der Waals surface area (Å²) in [5, 5.41) is 3.04. The highest BCUT2D eigenvalue weighted by atomic mass is 35.5. The van der Waals surface area contributed by atoms with Crippen LogP contribution < -0.4 is 15.0 Å². The van der Waals surface area contributed by atoms with E-state index >= 15 is 0 Å². The molecule has 6 heteroatoms. The SMILES string of the molecule is COc1ccccc1N1CCN(CCCCC(=O)Nc2cccc(C(C)C)c2)CC1.Cl. The zero-order valence-electron chi connectivity index (χ0n) is 19.0. The predicted octanol–water partition coefficient (Wildman–Crippen LogP) is 5.17. The van der Waals surface area contributed by atoms with Crippen LogP contribution in [0.25, 0.3) is 0 Å². The first-order valence-corrected chi connectivity index (χ1v) is 11.1. The van der Waals surface area contributed by atoms with Crippen molar-refractivity contribution in [1.82, 2.24) is 4.90 Å². The lowest BCUT2D eigenvalue weighted by atomic mass is 10.0. The van der Waals surface area contributed by atoms with Crippen molar-refractivity contribution >= 4 is 29.7 Å². The molecule has 1 aliphatic heterocycles. The number of halogens is 1. The van der Waals surface area contributed by atoms with Crippen LogP contribution in [0.1, 0.15) is 44.6 Å². The predicted molar refractivity (Wildman–Crippen MR) is 132 cm³/mol. The number of methoxy groups -OCH3 is 1. The minimum absolute atomic E-state index is 0. The Kier molecular flexibility index (Phi) is 10.2. The maximum atomic E-state index is 12.3. The molecule has 1 aliphatic rings. The standard InChI is InChI=1S/C25H35N3O2.ClH/c1-20(2)21-9-8-10-22(19-21)26-25(29)13-6-7-14-27-15-17-28(18-16-27)23-11-4-5-12-24(23)30-3;/h4-5,8-12,19-20H,6-7,13-18H2,1-3H3,(H,26,29);1H. The Hall–Kier alpha value is -2.24. The second kappa shape index (κ2) is 12.6. The van der Waals surface area contributed by atoms with Gasteiger partial charge in [-0.15, -0.1) is 12.4 Å². The van der Waals surface area contributed by atoms with Crippen molar-refractivity contribution in [2.45, 2.75) is 39.0 Å². The number of hydrogen-bond acceptors (Lipinski definition) is 4. The van der Waals surface area contributed by atoms with Gasteiger partial charge in [-0.2, -0.15) is 0 Å². The molecule has 5 nitrogen and oxygen atoms in total. The molecule has 2 aromatic rings. The second-order valence-corrected chi connectivity index (χ2v) is 8.29. The van der Waals surface area contributed by atoms with Gasteiger partial charge in [0.25, 0.3) is 0 Å². The van der Waals surface area contributed by atoms with Crippen molar-refractivity contribution in [1.29, 1.82) is 0 Å². The summed E-state index contributed by atoms with van der Waals surface area (Å²) in [4.78, 5) is 17.2. The Balaban J connectivity index is 0.00000341. The van der Waals surface area contributed by atoms with Crippen LogP contribution in [0.15, 0.2) is 48.5 Å². The Labute approximate surface area is 193 Å². The molecule has 0 atom stereocenters. The molecular formula is C25H36ClN3O2. The molecule has 0 radical (unpaired) electrons. The fourth-order valence-corrected chi connectivity index (χ4v) is 3.92. The fourth-order valence-electron chi connectivity index (χ4n) is 3.92. The molecule has 0 bridgehead atoms. The molecule has 2 aromatic carbocycles. The van der Waals surface area contributed by atoms with E-state index in [0.29, 0.717) is 12.3 Å². The quantitative estimate of drug-likeness (QED) is 0.540. The zero-order chi connectivity index (χ0) is 21.3. The minimum atomic E-state index is 0. The first-order chi connectivity index (χ1) is 14.6. The van der Waals surface area contributed by atoms with Gasteiger partial charge in [0.05, 0.1) is 12.8 Å². The number of ether oxygens (including phenoxy) is 1. The van der Waals surface area contributed by atoms with Crippen molar-refractivity contribution in [3.05, 3.63) is 54.1 Å². The molecule has 0 aliphatic carbocycles. The van der Waals surface area contributed by atoms with Crippen LogP contribution in [0, 0.1) is 0 Å². The average Bonchev–Trinajstić information content (AvgIpc) is 2.77. The van der Waals surface area contributed by atoms with Gasteiger partial charge >= 0.3 is 0 Å². The van der Waals surface area contributed by atoms with Gasteiger partial charge in [0.15, 0.2) is 0 Å². The summed E-state index contributed by atoms with van der Waals surface area (Å²) in [6.07, 6.45) is 2.55. The number of piperazine rings is 1. The maximum Gasteiger partial charge on any atom is 0.224 e. The number of para-hydroxylation sites is 2. The molecule has 1 saturated heterocycles. The molecule has 1 heterocycles. The van der Waals surface area contributed by atoms with Crippen LogP contribution in [-0.2, 0) is 4.79 Å². The van der Waals surface area contributed by atoms with E-state index < -0.39 is 0 Å². The van der Waals surface area contributed by atoms with E-state index in [1.807, 2.05) is 24.3 Å². The molecule has 0 saturated carbocycles. The van der Waals surface area contributed by atoms with Crippen LogP contribution >= 0.6 is 12.4 Å². The van der Waals surface area contributed by atoms with Gasteiger partial charge in [0.2, 0.25) is 5.91 Å². The number of rotatable bonds is 9. The highest BCUT2D eigenvalue weighted by Crippen LogP contribution is 2.28. The van der Waals surface area contributed by atoms with Crippen LogP contribution in [0.5, 0.6) is 5.75 Å². The molecule has 3 rings (SSSR count). The van der Waals surface area contributed by atoms with E-state index in [4.69, 9.17) is 4.74 Å². The topological polar surface area (TPSA) is 44.8 Å². The summed E-state index contributed by atoms with van der Waals surface area (Å²) >= 11 is 0. The van der Waals surface area contributed by atoms with Crippen molar-refractivity contribution in [2.24, 2.45) is 0 Å². The first-order valence-electron chi connectivity index (χ1n) is 11.1. The van der Waals surface area contributed by atoms with E-state index in [2.05, 4.69) is 53.2 Å². The Bertz CT molecular complexity index is 820. The lowest BCUT2D eigenvalue weighted by Gasteiger charge is -2.36. The molecule has 31 heavy (non-hydrogen) atoms. The summed E-state index contributed by atoms with van der Waals surface area (Å²) in [5.41, 5.74) is 3.33. The van der Waals surface area contributed by atoms with Crippen molar-refractivity contribution in [2.75, 3.05) is 50.1 Å². The van der Waals surface area contributed by atoms with E-state index in [1.54, 1.807) is 7.11 Å². The van der Waals surface area contributed by atoms with E-state index in [0.717, 1.165) is 57.0 Å². The van der Waals surface area contributed by atoms with Gasteiger partial charge in [-0.3, -0.25) is 9.69 Å². The molecular weight excluding hydrogens is 410 g/mol. The fraction of sp³-hybridized carbons (Fsp3) is 0.480. The number of carbonyl (C=O) groups excluding carboxylic acids is 1. The minimum Gasteiger partial charge on any atom is -0.495 e. The van der Waals surface area contributed by atoms with E-state index in [1.165, 1.54) is 11.3 Å². The number of hydrogen-bond donors (Lipinski definition) is 1. The Morgan fingerprint density at radius 2 is 1.77 bits per heavy atom. The van der Waals surface area contributed by atoms with Gasteiger partial charge in [0.1, 0.15) is 5.75 Å². The summed E-state index contributed by atoms with van der Waals surface area (Å²) in [7, 11) is 1.73. The van der Waals surface area contributed by atoms with Crippen molar-refractivity contribution in [3.63, 3.8) is 0 Å². The smallest absolute Gasteiger partial charge is 0.224 e. The first kappa shape index (κ1) is 25.0. The van der Waals surface area contributed by atoms with Gasteiger partial charge < -0.3 is 15.0 Å². The monoisotopic (exact) mass is 445 g/mol. The van der Waals surface area contributed by atoms with Gasteiger partial charge in [-0.05, 0) is 55.1 Å². The van der Waals surface area contributed by atoms with Crippen LogP contribution in [0.2, 0.25) is 0 Å². The lowest BCUT2D eigenvalue weighted by molar-refractivity contribution is -0.116. The molecule has 1 fully saturated rings. The molecule has 0 aromatic heterocycles. The maximum absolute atomic E-state index is 12.3. The number of nitrogens with zero attached hydrogens (tertiary/aromatic N) is 2. The van der Waals surface area contributed by atoms with Gasteiger partial charge in [-0.1, -0.05) is 38.1 Å². The lowest BCUT2D eigenvalue weighted by Crippen LogP contribution is -2.46. The second-order valence-electron chi connectivity index (χ2n) is 8.29. The summed E-state index contributed by atoms with van der Waals surface area (Å²) < 4.78 is 5.49. The van der Waals surface area contributed by atoms with Crippen molar-refractivity contribution < 1.29 is 9.53 Å². The largest absolute Gasteiger partial charge is 0.495 e. The normalized spacial score (nSPS) is 14.3. The zero-order valence-corrected chi connectivity index (χ0v) is 19.8. The van der Waals surface area contributed by atoms with Crippen LogP contribution in [0.4, 0.5) is 11.4 Å². The Morgan fingerprint density at radius 1 is 1.03 bits per heavy atom. The number of benzene rings is 2. The third kappa shape index (κ3) is 7.44. The molecule has 170 valence electrons. The summed E-state index contributed by atoms with van der Waals surface area (Å²) in [6, 6.07) is 16.4. The number of nitrogens with one attached hydrogen (secondary N) is 1. The van der Waals surface area contributed by atoms with Crippen molar-refractivity contribution in [3.8, 4) is 5.75 Å². The van der Waals surface area contributed by atoms with E-state index in [-0.39, 0.29) is 18.3 Å². The Morgan fingerprint density at radius 3 is 2.48 bits per heavy atom. The highest BCUT2D eigenvalue weighted by molar-refractivity contribution is 5.90. The number of unbranched alkanes of at least 4 members (excludes halogenated alkanes) is 1. The molecule has 0 spiro atoms. The third-order valence-corrected chi connectivity index (χ3v) is 5.76. The summed E-state index contributed by atoms with van der Waals surface area (Å²) in [6.45, 7) is 9.49.